The van der Waals surface area contributed by atoms with E-state index in [2.05, 4.69) is 36.8 Å². The van der Waals surface area contributed by atoms with Gasteiger partial charge in [-0.2, -0.15) is 0 Å². The number of rotatable bonds is 2. The monoisotopic (exact) mass is 218 g/mol. The molecule has 0 unspecified atom stereocenters. The Morgan fingerprint density at radius 1 is 1.33 bits per heavy atom. The molecule has 2 nitrogen and oxygen atoms in total. The van der Waals surface area contributed by atoms with Crippen LogP contribution in [0.5, 0.6) is 0 Å². The molecule has 0 aliphatic rings. The third-order valence-electron chi connectivity index (χ3n) is 2.29. The first-order valence-electron chi connectivity index (χ1n) is 5.06. The van der Waals surface area contributed by atoms with E-state index in [0.29, 0.717) is 5.92 Å². The molecular weight excluding hydrogens is 204 g/mol. The summed E-state index contributed by atoms with van der Waals surface area (Å²) >= 11 is 1.74. The fourth-order valence-electron chi connectivity index (χ4n) is 1.56. The summed E-state index contributed by atoms with van der Waals surface area (Å²) in [5.41, 5.74) is 2.32. The van der Waals surface area contributed by atoms with E-state index in [1.54, 1.807) is 17.5 Å². The molecule has 2 heterocycles. The van der Waals surface area contributed by atoms with Crippen molar-refractivity contribution in [3.05, 3.63) is 35.1 Å². The summed E-state index contributed by atoms with van der Waals surface area (Å²) in [7, 11) is 0. The predicted molar refractivity (Wildman–Crippen MR) is 64.2 cm³/mol. The van der Waals surface area contributed by atoms with Gasteiger partial charge in [0.05, 0.1) is 5.69 Å². The number of aromatic nitrogens is 2. The Hall–Kier alpha value is -1.22. The molecule has 0 amide bonds. The Morgan fingerprint density at radius 3 is 2.67 bits per heavy atom. The summed E-state index contributed by atoms with van der Waals surface area (Å²) in [5, 5.41) is 1.07. The first-order chi connectivity index (χ1) is 7.18. The van der Waals surface area contributed by atoms with E-state index >= 15 is 0 Å². The van der Waals surface area contributed by atoms with Crippen LogP contribution in [0.4, 0.5) is 0 Å². The maximum absolute atomic E-state index is 4.66. The van der Waals surface area contributed by atoms with E-state index in [0.717, 1.165) is 10.6 Å². The first kappa shape index (κ1) is 10.3. The molecule has 0 saturated heterocycles. The fraction of sp³-hybridized carbons (Fsp3) is 0.333. The van der Waals surface area contributed by atoms with Crippen LogP contribution in [0.3, 0.4) is 0 Å². The minimum atomic E-state index is 0.492. The smallest absolute Gasteiger partial charge is 0.125 e. The molecule has 0 radical (unpaired) electrons. The van der Waals surface area contributed by atoms with E-state index < -0.39 is 0 Å². The molecule has 0 aliphatic heterocycles. The van der Waals surface area contributed by atoms with Gasteiger partial charge in [-0.3, -0.25) is 4.98 Å². The number of pyridine rings is 1. The van der Waals surface area contributed by atoms with Gasteiger partial charge < -0.3 is 0 Å². The Labute approximate surface area is 94.0 Å². The molecule has 2 rings (SSSR count). The molecule has 0 N–H and O–H groups in total. The average molecular weight is 218 g/mol. The van der Waals surface area contributed by atoms with Gasteiger partial charge in [-0.1, -0.05) is 13.8 Å². The van der Waals surface area contributed by atoms with Crippen molar-refractivity contribution in [2.75, 3.05) is 0 Å². The van der Waals surface area contributed by atoms with Gasteiger partial charge in [-0.25, -0.2) is 4.98 Å². The summed E-state index contributed by atoms with van der Waals surface area (Å²) in [5.74, 6) is 0.492. The highest BCUT2D eigenvalue weighted by Gasteiger charge is 2.11. The summed E-state index contributed by atoms with van der Waals surface area (Å²) in [6.07, 6.45) is 3.65. The Bertz CT molecular complexity index is 446. The fourth-order valence-corrected chi connectivity index (χ4v) is 2.62. The van der Waals surface area contributed by atoms with Crippen molar-refractivity contribution in [3.63, 3.8) is 0 Å². The van der Waals surface area contributed by atoms with Gasteiger partial charge in [-0.05, 0) is 25.0 Å². The van der Waals surface area contributed by atoms with Gasteiger partial charge in [0.1, 0.15) is 5.01 Å². The zero-order valence-electron chi connectivity index (χ0n) is 9.19. The van der Waals surface area contributed by atoms with Crippen molar-refractivity contribution in [2.24, 2.45) is 0 Å². The molecule has 0 fully saturated rings. The second-order valence-electron chi connectivity index (χ2n) is 3.86. The molecule has 0 aromatic carbocycles. The van der Waals surface area contributed by atoms with Crippen molar-refractivity contribution < 1.29 is 0 Å². The quantitative estimate of drug-likeness (QED) is 0.769. The third-order valence-corrected chi connectivity index (χ3v) is 3.32. The van der Waals surface area contributed by atoms with Gasteiger partial charge >= 0.3 is 0 Å². The van der Waals surface area contributed by atoms with Crippen molar-refractivity contribution in [1.29, 1.82) is 0 Å². The van der Waals surface area contributed by atoms with Crippen LogP contribution in [-0.4, -0.2) is 9.97 Å². The maximum Gasteiger partial charge on any atom is 0.125 e. The lowest BCUT2D eigenvalue weighted by molar-refractivity contribution is 0.826. The predicted octanol–water partition coefficient (Wildman–Crippen LogP) is 3.64. The van der Waals surface area contributed by atoms with Crippen LogP contribution in [-0.2, 0) is 0 Å². The van der Waals surface area contributed by atoms with Gasteiger partial charge in [0.25, 0.3) is 0 Å². The van der Waals surface area contributed by atoms with E-state index in [4.69, 9.17) is 0 Å². The van der Waals surface area contributed by atoms with Crippen molar-refractivity contribution in [3.8, 4) is 10.6 Å². The van der Waals surface area contributed by atoms with Crippen LogP contribution in [0.25, 0.3) is 10.6 Å². The molecule has 0 atom stereocenters. The Balaban J connectivity index is 2.43. The minimum Gasteiger partial charge on any atom is -0.264 e. The summed E-state index contributed by atoms with van der Waals surface area (Å²) < 4.78 is 0. The van der Waals surface area contributed by atoms with E-state index in [-0.39, 0.29) is 0 Å². The van der Waals surface area contributed by atoms with E-state index in [9.17, 15) is 0 Å². The Kier molecular flexibility index (Phi) is 2.82. The second kappa shape index (κ2) is 4.11. The largest absolute Gasteiger partial charge is 0.264 e. The highest BCUT2D eigenvalue weighted by molar-refractivity contribution is 7.15. The van der Waals surface area contributed by atoms with Gasteiger partial charge in [0.15, 0.2) is 0 Å². The molecule has 0 bridgehead atoms. The normalized spacial score (nSPS) is 10.9. The summed E-state index contributed by atoms with van der Waals surface area (Å²) in [6, 6.07) is 4.00. The van der Waals surface area contributed by atoms with Crippen LogP contribution in [0.15, 0.2) is 24.5 Å². The lowest BCUT2D eigenvalue weighted by Crippen LogP contribution is -1.89. The van der Waals surface area contributed by atoms with Gasteiger partial charge in [0, 0.05) is 22.8 Å². The van der Waals surface area contributed by atoms with Crippen LogP contribution in [0.2, 0.25) is 0 Å². The molecule has 0 aliphatic carbocycles. The first-order valence-corrected chi connectivity index (χ1v) is 5.88. The molecule has 2 aromatic heterocycles. The average Bonchev–Trinajstić information content (AvgIpc) is 2.62. The lowest BCUT2D eigenvalue weighted by Gasteiger charge is -1.99. The van der Waals surface area contributed by atoms with Crippen molar-refractivity contribution in [2.45, 2.75) is 26.7 Å². The van der Waals surface area contributed by atoms with Crippen LogP contribution < -0.4 is 0 Å². The molecule has 0 spiro atoms. The highest BCUT2D eigenvalue weighted by Crippen LogP contribution is 2.30. The topological polar surface area (TPSA) is 25.8 Å². The number of hydrogen-bond acceptors (Lipinski definition) is 3. The minimum absolute atomic E-state index is 0.492. The van der Waals surface area contributed by atoms with Crippen LogP contribution in [0, 0.1) is 6.92 Å². The number of aryl methyl sites for hydroxylation is 1. The zero-order chi connectivity index (χ0) is 10.8. The van der Waals surface area contributed by atoms with Crippen LogP contribution >= 0.6 is 11.3 Å². The number of nitrogens with zero attached hydrogens (tertiary/aromatic N) is 2. The number of thiazole rings is 1. The maximum atomic E-state index is 4.66. The zero-order valence-corrected chi connectivity index (χ0v) is 10.0. The molecule has 0 saturated carbocycles. The van der Waals surface area contributed by atoms with Gasteiger partial charge in [0.2, 0.25) is 0 Å². The second-order valence-corrected chi connectivity index (χ2v) is 5.06. The summed E-state index contributed by atoms with van der Waals surface area (Å²) in [4.78, 5) is 10.1. The highest BCUT2D eigenvalue weighted by atomic mass is 32.1. The van der Waals surface area contributed by atoms with Crippen LogP contribution in [0.1, 0.15) is 30.3 Å². The van der Waals surface area contributed by atoms with Crippen molar-refractivity contribution >= 4 is 11.3 Å². The summed E-state index contributed by atoms with van der Waals surface area (Å²) in [6.45, 7) is 6.48. The Morgan fingerprint density at radius 2 is 2.13 bits per heavy atom. The SMILES string of the molecule is Cc1sc(-c2cccnc2)nc1C(C)C. The molecule has 2 aromatic rings. The molecule has 3 heteroatoms. The van der Waals surface area contributed by atoms with Crippen molar-refractivity contribution in [1.82, 2.24) is 9.97 Å². The van der Waals surface area contributed by atoms with E-state index in [1.165, 1.54) is 10.6 Å². The molecular formula is C12H14N2S. The standard InChI is InChI=1S/C12H14N2S/c1-8(2)11-9(3)15-12(14-11)10-5-4-6-13-7-10/h4-8H,1-3H3. The van der Waals surface area contributed by atoms with E-state index in [1.807, 2.05) is 12.3 Å². The molecule has 78 valence electrons. The lowest BCUT2D eigenvalue weighted by atomic mass is 10.1. The number of hydrogen-bond donors (Lipinski definition) is 0. The van der Waals surface area contributed by atoms with Gasteiger partial charge in [-0.15, -0.1) is 11.3 Å². The third kappa shape index (κ3) is 2.07. The molecule has 15 heavy (non-hydrogen) atoms.